The van der Waals surface area contributed by atoms with E-state index in [0.717, 1.165) is 6.26 Å². The molecule has 1 aliphatic rings. The molecule has 1 rings (SSSR count). The molecule has 1 N–H and O–H groups in total. The summed E-state index contributed by atoms with van der Waals surface area (Å²) in [5.41, 5.74) is 0. The van der Waals surface area contributed by atoms with Gasteiger partial charge in [-0.2, -0.15) is 0 Å². The van der Waals surface area contributed by atoms with E-state index in [-0.39, 0.29) is 30.3 Å². The van der Waals surface area contributed by atoms with Gasteiger partial charge in [-0.25, -0.2) is 17.9 Å². The molecule has 7 nitrogen and oxygen atoms in total. The third kappa shape index (κ3) is 7.77. The fourth-order valence-corrected chi connectivity index (χ4v) is 4.29. The Labute approximate surface area is 165 Å². The smallest absolute Gasteiger partial charge is 0.410 e. The summed E-state index contributed by atoms with van der Waals surface area (Å²) >= 11 is 0. The van der Waals surface area contributed by atoms with Gasteiger partial charge in [0.1, 0.15) is 6.61 Å². The fraction of sp³-hybridized carbons (Fsp3) is 0.722. The summed E-state index contributed by atoms with van der Waals surface area (Å²) < 4.78 is 36.4. The topological polar surface area (TPSA) is 84.9 Å². The van der Waals surface area contributed by atoms with Crippen LogP contribution in [0.4, 0.5) is 4.79 Å². The fourth-order valence-electron chi connectivity index (χ4n) is 2.53. The lowest BCUT2D eigenvalue weighted by atomic mass is 10.2. The lowest BCUT2D eigenvalue weighted by Gasteiger charge is -2.38. The first-order valence-corrected chi connectivity index (χ1v) is 13.9. The van der Waals surface area contributed by atoms with Crippen molar-refractivity contribution >= 4 is 24.4 Å². The Morgan fingerprint density at radius 1 is 1.37 bits per heavy atom. The Bertz CT molecular complexity index is 655. The number of amides is 1. The minimum atomic E-state index is -3.25. The van der Waals surface area contributed by atoms with Crippen molar-refractivity contribution in [2.24, 2.45) is 0 Å². The van der Waals surface area contributed by atoms with E-state index in [2.05, 4.69) is 45.2 Å². The number of rotatable bonds is 8. The van der Waals surface area contributed by atoms with Crippen molar-refractivity contribution in [1.29, 1.82) is 0 Å². The summed E-state index contributed by atoms with van der Waals surface area (Å²) in [7, 11) is -5.21. The maximum absolute atomic E-state index is 12.4. The van der Waals surface area contributed by atoms with Gasteiger partial charge in [-0.1, -0.05) is 45.6 Å². The van der Waals surface area contributed by atoms with Gasteiger partial charge in [-0.05, 0) is 24.6 Å². The molecular formula is C18H34N2O5SSi. The second-order valence-electron chi connectivity index (χ2n) is 8.37. The third-order valence-electron chi connectivity index (χ3n) is 4.95. The molecule has 1 amide bonds. The first-order chi connectivity index (χ1) is 12.3. The van der Waals surface area contributed by atoms with Crippen LogP contribution in [0.25, 0.3) is 0 Å². The summed E-state index contributed by atoms with van der Waals surface area (Å²) in [5.74, 6) is 0. The normalized spacial score (nSPS) is 21.6. The third-order valence-corrected chi connectivity index (χ3v) is 10.2. The standard InChI is InChI=1S/C18H34N2O5SSi/c1-8-12-24-17(21)20-14-16(25-27(6,7)18(2,3)4)13-15(20)10-9-11-19-26(5,22)23/h8-10,15-16,19H,1,11-14H2,2-7H3. The van der Waals surface area contributed by atoms with Gasteiger partial charge in [-0.3, -0.25) is 4.90 Å². The second-order valence-corrected chi connectivity index (χ2v) is 15.0. The van der Waals surface area contributed by atoms with Crippen LogP contribution in [-0.4, -0.2) is 65.8 Å². The minimum Gasteiger partial charge on any atom is -0.445 e. The van der Waals surface area contributed by atoms with E-state index in [4.69, 9.17) is 9.16 Å². The van der Waals surface area contributed by atoms with E-state index >= 15 is 0 Å². The van der Waals surface area contributed by atoms with Crippen molar-refractivity contribution in [3.63, 3.8) is 0 Å². The zero-order chi connectivity index (χ0) is 20.9. The molecule has 1 aliphatic heterocycles. The van der Waals surface area contributed by atoms with Gasteiger partial charge in [0.15, 0.2) is 8.32 Å². The van der Waals surface area contributed by atoms with E-state index in [1.165, 1.54) is 6.08 Å². The molecule has 2 atom stereocenters. The molecule has 27 heavy (non-hydrogen) atoms. The lowest BCUT2D eigenvalue weighted by Crippen LogP contribution is -2.44. The van der Waals surface area contributed by atoms with Crippen LogP contribution in [0.15, 0.2) is 24.8 Å². The number of likely N-dealkylation sites (tertiary alicyclic amines) is 1. The first kappa shape index (κ1) is 23.9. The van der Waals surface area contributed by atoms with Gasteiger partial charge >= 0.3 is 6.09 Å². The molecule has 2 unspecified atom stereocenters. The van der Waals surface area contributed by atoms with Crippen LogP contribution in [0.5, 0.6) is 0 Å². The summed E-state index contributed by atoms with van der Waals surface area (Å²) in [6.07, 6.45) is 6.36. The molecule has 0 radical (unpaired) electrons. The molecule has 0 bridgehead atoms. The van der Waals surface area contributed by atoms with Crippen molar-refractivity contribution < 1.29 is 22.4 Å². The molecule has 0 aromatic rings. The van der Waals surface area contributed by atoms with Gasteiger partial charge in [-0.15, -0.1) is 0 Å². The number of sulfonamides is 1. The maximum atomic E-state index is 12.4. The number of nitrogens with one attached hydrogen (secondary N) is 1. The summed E-state index contributed by atoms with van der Waals surface area (Å²) in [6.45, 7) is 15.3. The highest BCUT2D eigenvalue weighted by Crippen LogP contribution is 2.39. The SMILES string of the molecule is C=CCOC(=O)N1CC(O[Si](C)(C)C(C)(C)C)CC1C=CCNS(C)(=O)=O. The second kappa shape index (κ2) is 9.36. The molecule has 0 aliphatic carbocycles. The predicted molar refractivity (Wildman–Crippen MR) is 111 cm³/mol. The van der Waals surface area contributed by atoms with E-state index in [9.17, 15) is 13.2 Å². The molecule has 1 saturated heterocycles. The van der Waals surface area contributed by atoms with Crippen LogP contribution in [0, 0.1) is 0 Å². The quantitative estimate of drug-likeness (QED) is 0.484. The van der Waals surface area contributed by atoms with Crippen LogP contribution in [0.1, 0.15) is 27.2 Å². The molecule has 1 fully saturated rings. The largest absolute Gasteiger partial charge is 0.445 e. The Hall–Kier alpha value is -1.16. The van der Waals surface area contributed by atoms with E-state index < -0.39 is 24.4 Å². The van der Waals surface area contributed by atoms with Crippen LogP contribution in [0.3, 0.4) is 0 Å². The van der Waals surface area contributed by atoms with Crippen molar-refractivity contribution in [3.8, 4) is 0 Å². The molecule has 156 valence electrons. The number of hydrogen-bond donors (Lipinski definition) is 1. The maximum Gasteiger partial charge on any atom is 0.410 e. The van der Waals surface area contributed by atoms with Crippen LogP contribution < -0.4 is 4.72 Å². The highest BCUT2D eigenvalue weighted by molar-refractivity contribution is 7.88. The Kier molecular flexibility index (Phi) is 8.27. The van der Waals surface area contributed by atoms with Gasteiger partial charge in [0.2, 0.25) is 10.0 Å². The average Bonchev–Trinajstić information content (AvgIpc) is 2.89. The number of carbonyl (C=O) groups is 1. The van der Waals surface area contributed by atoms with E-state index in [0.29, 0.717) is 13.0 Å². The van der Waals surface area contributed by atoms with E-state index in [1.54, 1.807) is 11.0 Å². The van der Waals surface area contributed by atoms with Gasteiger partial charge < -0.3 is 9.16 Å². The first-order valence-electron chi connectivity index (χ1n) is 9.10. The average molecular weight is 419 g/mol. The van der Waals surface area contributed by atoms with E-state index in [1.807, 2.05) is 6.08 Å². The Morgan fingerprint density at radius 2 is 2.00 bits per heavy atom. The number of carbonyl (C=O) groups excluding carboxylic acids is 1. The monoisotopic (exact) mass is 418 g/mol. The molecule has 0 spiro atoms. The van der Waals surface area contributed by atoms with Crippen LogP contribution in [-0.2, 0) is 19.2 Å². The number of hydrogen-bond acceptors (Lipinski definition) is 5. The van der Waals surface area contributed by atoms with Crippen molar-refractivity contribution in [3.05, 3.63) is 24.8 Å². The molecule has 1 heterocycles. The molecule has 0 saturated carbocycles. The molecule has 0 aromatic heterocycles. The number of nitrogens with zero attached hydrogens (tertiary/aromatic N) is 1. The molecular weight excluding hydrogens is 384 g/mol. The van der Waals surface area contributed by atoms with Crippen molar-refractivity contribution in [1.82, 2.24) is 9.62 Å². The summed E-state index contributed by atoms with van der Waals surface area (Å²) in [4.78, 5) is 14.0. The lowest BCUT2D eigenvalue weighted by molar-refractivity contribution is 0.108. The van der Waals surface area contributed by atoms with Crippen LogP contribution in [0.2, 0.25) is 18.1 Å². The van der Waals surface area contributed by atoms with Gasteiger partial charge in [0.05, 0.1) is 18.4 Å². The summed E-state index contributed by atoms with van der Waals surface area (Å²) in [5, 5.41) is 0.0779. The van der Waals surface area contributed by atoms with Gasteiger partial charge in [0.25, 0.3) is 0 Å². The van der Waals surface area contributed by atoms with Gasteiger partial charge in [0, 0.05) is 13.1 Å². The zero-order valence-electron chi connectivity index (χ0n) is 17.3. The minimum absolute atomic E-state index is 0.0697. The zero-order valence-corrected chi connectivity index (χ0v) is 19.1. The summed E-state index contributed by atoms with van der Waals surface area (Å²) in [6, 6.07) is -0.196. The van der Waals surface area contributed by atoms with Crippen LogP contribution >= 0.6 is 0 Å². The highest BCUT2D eigenvalue weighted by Gasteiger charge is 2.43. The van der Waals surface area contributed by atoms with Crippen molar-refractivity contribution in [2.45, 2.75) is 57.5 Å². The number of ether oxygens (including phenoxy) is 1. The Morgan fingerprint density at radius 3 is 2.52 bits per heavy atom. The van der Waals surface area contributed by atoms with Crippen molar-refractivity contribution in [2.75, 3.05) is 26.0 Å². The Balaban J connectivity index is 2.85. The predicted octanol–water partition coefficient (Wildman–Crippen LogP) is 2.88. The highest BCUT2D eigenvalue weighted by atomic mass is 32.2. The molecule has 0 aromatic carbocycles. The molecule has 9 heteroatoms.